The summed E-state index contributed by atoms with van der Waals surface area (Å²) in [5, 5.41) is 0. The minimum atomic E-state index is 0.0476. The van der Waals surface area contributed by atoms with Crippen molar-refractivity contribution in [3.63, 3.8) is 0 Å². The molecule has 0 aromatic carbocycles. The molecule has 5 aliphatic rings. The van der Waals surface area contributed by atoms with Gasteiger partial charge in [0.25, 0.3) is 0 Å². The summed E-state index contributed by atoms with van der Waals surface area (Å²) in [6.07, 6.45) is 11.8. The quantitative estimate of drug-likeness (QED) is 0.594. The van der Waals surface area contributed by atoms with Crippen molar-refractivity contribution in [3.05, 3.63) is 12.2 Å². The van der Waals surface area contributed by atoms with Gasteiger partial charge in [-0.2, -0.15) is 0 Å². The second-order valence-electron chi connectivity index (χ2n) is 8.12. The standard InChI is InChI=1S/C19H24O3/c20-18-12-6-7-13(18)17-15-10(8-14(16(12)17)19(15)21)9-22-11-4-2-1-3-5-11/h6-7,10-17H,1-5,8-9H2. The van der Waals surface area contributed by atoms with Crippen molar-refractivity contribution in [2.75, 3.05) is 6.61 Å². The van der Waals surface area contributed by atoms with Crippen LogP contribution in [0.3, 0.4) is 0 Å². The molecule has 22 heavy (non-hydrogen) atoms. The number of ether oxygens (including phenoxy) is 1. The number of fused-ring (bicyclic) bond motifs is 9. The molecule has 7 atom stereocenters. The van der Waals surface area contributed by atoms with E-state index in [-0.39, 0.29) is 23.7 Å². The van der Waals surface area contributed by atoms with Gasteiger partial charge in [0, 0.05) is 23.7 Å². The lowest BCUT2D eigenvalue weighted by Crippen LogP contribution is -2.34. The molecule has 4 bridgehead atoms. The molecule has 7 unspecified atom stereocenters. The van der Waals surface area contributed by atoms with E-state index in [9.17, 15) is 9.59 Å². The van der Waals surface area contributed by atoms with Gasteiger partial charge >= 0.3 is 0 Å². The fourth-order valence-electron chi connectivity index (χ4n) is 6.33. The molecule has 0 heterocycles. The molecule has 0 amide bonds. The van der Waals surface area contributed by atoms with Crippen LogP contribution < -0.4 is 0 Å². The third-order valence-corrected chi connectivity index (χ3v) is 7.19. The first kappa shape index (κ1) is 13.5. The van der Waals surface area contributed by atoms with Gasteiger partial charge in [0.05, 0.1) is 12.7 Å². The lowest BCUT2D eigenvalue weighted by molar-refractivity contribution is -0.125. The average molecular weight is 300 g/mol. The lowest BCUT2D eigenvalue weighted by Gasteiger charge is -2.35. The monoisotopic (exact) mass is 300 g/mol. The maximum atomic E-state index is 12.7. The molecule has 0 N–H and O–H groups in total. The number of hydrogen-bond donors (Lipinski definition) is 0. The molecule has 5 rings (SSSR count). The van der Waals surface area contributed by atoms with Gasteiger partial charge in [-0.25, -0.2) is 0 Å². The zero-order valence-electron chi connectivity index (χ0n) is 12.9. The third-order valence-electron chi connectivity index (χ3n) is 7.19. The van der Waals surface area contributed by atoms with Crippen LogP contribution in [-0.4, -0.2) is 24.3 Å². The zero-order valence-corrected chi connectivity index (χ0v) is 12.9. The third kappa shape index (κ3) is 1.66. The van der Waals surface area contributed by atoms with Gasteiger partial charge in [0.15, 0.2) is 0 Å². The van der Waals surface area contributed by atoms with Crippen LogP contribution in [-0.2, 0) is 14.3 Å². The normalized spacial score (nSPS) is 49.4. The Balaban J connectivity index is 1.31. The molecule has 0 saturated heterocycles. The molecule has 118 valence electrons. The van der Waals surface area contributed by atoms with Crippen molar-refractivity contribution in [2.24, 2.45) is 41.4 Å². The van der Waals surface area contributed by atoms with Crippen LogP contribution in [0.1, 0.15) is 38.5 Å². The molecule has 3 nitrogen and oxygen atoms in total. The molecule has 3 heteroatoms. The van der Waals surface area contributed by atoms with Gasteiger partial charge in [0.2, 0.25) is 0 Å². The van der Waals surface area contributed by atoms with Crippen molar-refractivity contribution >= 4 is 11.6 Å². The smallest absolute Gasteiger partial charge is 0.147 e. The fourth-order valence-corrected chi connectivity index (χ4v) is 6.33. The van der Waals surface area contributed by atoms with Gasteiger partial charge in [-0.15, -0.1) is 0 Å². The van der Waals surface area contributed by atoms with Crippen LogP contribution in [0.5, 0.6) is 0 Å². The Morgan fingerprint density at radius 3 is 2.45 bits per heavy atom. The number of carbonyl (C=O) groups excluding carboxylic acids is 2. The number of carbonyl (C=O) groups is 2. The molecule has 4 saturated carbocycles. The predicted molar refractivity (Wildman–Crippen MR) is 81.0 cm³/mol. The maximum absolute atomic E-state index is 12.7. The maximum Gasteiger partial charge on any atom is 0.147 e. The first-order valence-electron chi connectivity index (χ1n) is 9.13. The molecule has 0 aliphatic heterocycles. The van der Waals surface area contributed by atoms with E-state index in [1.807, 2.05) is 0 Å². The first-order chi connectivity index (χ1) is 10.8. The van der Waals surface area contributed by atoms with Gasteiger partial charge in [-0.1, -0.05) is 31.4 Å². The summed E-state index contributed by atoms with van der Waals surface area (Å²) < 4.78 is 6.17. The highest BCUT2D eigenvalue weighted by molar-refractivity contribution is 5.98. The molecular formula is C19H24O3. The highest BCUT2D eigenvalue weighted by Gasteiger charge is 2.68. The van der Waals surface area contributed by atoms with Crippen molar-refractivity contribution in [1.82, 2.24) is 0 Å². The van der Waals surface area contributed by atoms with E-state index in [1.165, 1.54) is 32.1 Å². The van der Waals surface area contributed by atoms with Crippen molar-refractivity contribution in [1.29, 1.82) is 0 Å². The minimum absolute atomic E-state index is 0.0476. The Kier molecular flexibility index (Phi) is 2.92. The van der Waals surface area contributed by atoms with Crippen LogP contribution in [0, 0.1) is 41.4 Å². The molecule has 0 aromatic heterocycles. The van der Waals surface area contributed by atoms with Crippen LogP contribution in [0.2, 0.25) is 0 Å². The van der Waals surface area contributed by atoms with E-state index in [4.69, 9.17) is 4.74 Å². The van der Waals surface area contributed by atoms with Crippen LogP contribution in [0.25, 0.3) is 0 Å². The second kappa shape index (κ2) is 4.77. The van der Waals surface area contributed by atoms with Crippen molar-refractivity contribution in [2.45, 2.75) is 44.6 Å². The lowest BCUT2D eigenvalue weighted by atomic mass is 9.69. The first-order valence-corrected chi connectivity index (χ1v) is 9.13. The Morgan fingerprint density at radius 2 is 1.68 bits per heavy atom. The number of Topliss-reactive ketones (excluding diaryl/α,β-unsaturated/α-hetero) is 2. The highest BCUT2D eigenvalue weighted by atomic mass is 16.5. The second-order valence-corrected chi connectivity index (χ2v) is 8.12. The van der Waals surface area contributed by atoms with E-state index < -0.39 is 0 Å². The number of rotatable bonds is 3. The Morgan fingerprint density at radius 1 is 0.955 bits per heavy atom. The molecular weight excluding hydrogens is 276 g/mol. The molecule has 5 aliphatic carbocycles. The summed E-state index contributed by atoms with van der Waals surface area (Å²) in [6, 6.07) is 0. The summed E-state index contributed by atoms with van der Waals surface area (Å²) in [7, 11) is 0. The highest BCUT2D eigenvalue weighted by Crippen LogP contribution is 2.64. The largest absolute Gasteiger partial charge is 0.378 e. The van der Waals surface area contributed by atoms with Crippen molar-refractivity contribution < 1.29 is 14.3 Å². The summed E-state index contributed by atoms with van der Waals surface area (Å²) in [4.78, 5) is 25.0. The van der Waals surface area contributed by atoms with Gasteiger partial charge in [0.1, 0.15) is 11.6 Å². The zero-order chi connectivity index (χ0) is 14.8. The summed E-state index contributed by atoms with van der Waals surface area (Å²) in [5.41, 5.74) is 0. The topological polar surface area (TPSA) is 43.4 Å². The molecule has 0 radical (unpaired) electrons. The fraction of sp³-hybridized carbons (Fsp3) is 0.789. The minimum Gasteiger partial charge on any atom is -0.378 e. The molecule has 0 spiro atoms. The van der Waals surface area contributed by atoms with E-state index in [2.05, 4.69) is 12.2 Å². The summed E-state index contributed by atoms with van der Waals surface area (Å²) in [5.74, 6) is 2.26. The van der Waals surface area contributed by atoms with Gasteiger partial charge < -0.3 is 4.74 Å². The molecule has 0 aromatic rings. The number of allylic oxidation sites excluding steroid dienone is 2. The van der Waals surface area contributed by atoms with Gasteiger partial charge in [-0.3, -0.25) is 9.59 Å². The van der Waals surface area contributed by atoms with Crippen LogP contribution in [0.15, 0.2) is 12.2 Å². The Hall–Kier alpha value is -0.960. The summed E-state index contributed by atoms with van der Waals surface area (Å²) >= 11 is 0. The van der Waals surface area contributed by atoms with E-state index in [0.717, 1.165) is 13.0 Å². The van der Waals surface area contributed by atoms with E-state index in [1.54, 1.807) is 0 Å². The van der Waals surface area contributed by atoms with Gasteiger partial charge in [-0.05, 0) is 37.0 Å². The Labute approximate surface area is 131 Å². The number of hydrogen-bond acceptors (Lipinski definition) is 3. The van der Waals surface area contributed by atoms with E-state index in [0.29, 0.717) is 35.4 Å². The average Bonchev–Trinajstić information content (AvgIpc) is 3.23. The van der Waals surface area contributed by atoms with E-state index >= 15 is 0 Å². The van der Waals surface area contributed by atoms with Crippen LogP contribution >= 0.6 is 0 Å². The van der Waals surface area contributed by atoms with Crippen LogP contribution in [0.4, 0.5) is 0 Å². The number of ketones is 2. The summed E-state index contributed by atoms with van der Waals surface area (Å²) in [6.45, 7) is 0.746. The SMILES string of the molecule is O=C1C2C=CC1C1C3C(=O)C(CC3COC3CCCCC3)C21. The van der Waals surface area contributed by atoms with Crippen molar-refractivity contribution in [3.8, 4) is 0 Å². The predicted octanol–water partition coefficient (Wildman–Crippen LogP) is 2.79. The molecule has 4 fully saturated rings. The Bertz CT molecular complexity index is 545.